The molecule has 0 fully saturated rings. The second kappa shape index (κ2) is 8.90. The minimum Gasteiger partial charge on any atom is -0.482 e. The van der Waals surface area contributed by atoms with Crippen LogP contribution in [0.1, 0.15) is 13.3 Å². The Balaban J connectivity index is 1.57. The van der Waals surface area contributed by atoms with Crippen LogP contribution in [0.5, 0.6) is 5.75 Å². The molecule has 0 aliphatic carbocycles. The summed E-state index contributed by atoms with van der Waals surface area (Å²) in [5.41, 5.74) is 1.66. The van der Waals surface area contributed by atoms with Crippen LogP contribution >= 0.6 is 0 Å². The molecule has 3 rings (SSSR count). The van der Waals surface area contributed by atoms with Crippen LogP contribution in [-0.2, 0) is 20.9 Å². The average Bonchev–Trinajstić information content (AvgIpc) is 3.00. The van der Waals surface area contributed by atoms with Crippen LogP contribution in [0.2, 0.25) is 0 Å². The molecule has 0 atom stereocenters. The fraction of sp³-hybridized carbons (Fsp3) is 0.250. The second-order valence-corrected chi connectivity index (χ2v) is 5.91. The van der Waals surface area contributed by atoms with Crippen LogP contribution in [0.4, 0.5) is 5.69 Å². The summed E-state index contributed by atoms with van der Waals surface area (Å²) in [5, 5.41) is 2.74. The van der Waals surface area contributed by atoms with Gasteiger partial charge in [-0.3, -0.25) is 9.36 Å². The second-order valence-electron chi connectivity index (χ2n) is 5.91. The Kier molecular flexibility index (Phi) is 6.11. The van der Waals surface area contributed by atoms with Crippen LogP contribution in [0, 0.1) is 0 Å². The van der Waals surface area contributed by atoms with Gasteiger partial charge in [-0.1, -0.05) is 18.2 Å². The fourth-order valence-electron chi connectivity index (χ4n) is 2.67. The molecule has 1 amide bonds. The minimum absolute atomic E-state index is 0.0946. The molecule has 1 N–H and O–H groups in total. The van der Waals surface area contributed by atoms with Crippen molar-refractivity contribution in [3.05, 3.63) is 59.1 Å². The third kappa shape index (κ3) is 4.79. The van der Waals surface area contributed by atoms with Crippen molar-refractivity contribution in [1.82, 2.24) is 4.57 Å². The summed E-state index contributed by atoms with van der Waals surface area (Å²) in [6.07, 6.45) is 0.0946. The highest BCUT2D eigenvalue weighted by Gasteiger charge is 2.11. The summed E-state index contributed by atoms with van der Waals surface area (Å²) < 4.78 is 16.7. The maximum Gasteiger partial charge on any atom is 0.419 e. The molecule has 1 heterocycles. The molecule has 0 bridgehead atoms. The highest BCUT2D eigenvalue weighted by atomic mass is 16.6. The van der Waals surface area contributed by atoms with E-state index >= 15 is 0 Å². The standard InChI is InChI=1S/C20H20N2O6/c1-2-26-19(24)13-27-15-7-5-6-14(12-15)21-18(23)10-11-22-16-8-3-4-9-17(16)28-20(22)25/h3-9,12H,2,10-11,13H2,1H3,(H,21,23). The van der Waals surface area contributed by atoms with Gasteiger partial charge in [0.25, 0.3) is 0 Å². The SMILES string of the molecule is CCOC(=O)COc1cccc(NC(=O)CCn2c(=O)oc3ccccc32)c1. The van der Waals surface area contributed by atoms with Crippen molar-refractivity contribution in [1.29, 1.82) is 0 Å². The highest BCUT2D eigenvalue weighted by Crippen LogP contribution is 2.18. The van der Waals surface area contributed by atoms with Gasteiger partial charge in [-0.05, 0) is 31.2 Å². The summed E-state index contributed by atoms with van der Waals surface area (Å²) in [4.78, 5) is 35.5. The summed E-state index contributed by atoms with van der Waals surface area (Å²) in [5.74, 6) is -0.791. The van der Waals surface area contributed by atoms with Crippen LogP contribution in [0.15, 0.2) is 57.7 Å². The number of esters is 1. The summed E-state index contributed by atoms with van der Waals surface area (Å²) in [6, 6.07) is 13.7. The van der Waals surface area contributed by atoms with Gasteiger partial charge < -0.3 is 19.2 Å². The van der Waals surface area contributed by atoms with E-state index in [9.17, 15) is 14.4 Å². The molecule has 0 aliphatic heterocycles. The minimum atomic E-state index is -0.497. The molecule has 146 valence electrons. The first-order valence-electron chi connectivity index (χ1n) is 8.83. The van der Waals surface area contributed by atoms with E-state index in [2.05, 4.69) is 5.32 Å². The lowest BCUT2D eigenvalue weighted by Gasteiger charge is -2.09. The first kappa shape index (κ1) is 19.2. The number of anilines is 1. The Morgan fingerprint density at radius 3 is 2.79 bits per heavy atom. The van der Waals surface area contributed by atoms with E-state index in [-0.39, 0.29) is 32.1 Å². The molecule has 28 heavy (non-hydrogen) atoms. The molecule has 1 aromatic heterocycles. The Morgan fingerprint density at radius 2 is 1.96 bits per heavy atom. The molecule has 0 saturated heterocycles. The molecule has 0 aliphatic rings. The number of rotatable bonds is 8. The van der Waals surface area contributed by atoms with Crippen molar-refractivity contribution in [3.8, 4) is 5.75 Å². The van der Waals surface area contributed by atoms with Gasteiger partial charge in [-0.25, -0.2) is 9.59 Å². The number of aromatic nitrogens is 1. The number of aryl methyl sites for hydroxylation is 1. The van der Waals surface area contributed by atoms with E-state index in [1.54, 1.807) is 55.5 Å². The van der Waals surface area contributed by atoms with Crippen LogP contribution in [-0.4, -0.2) is 29.7 Å². The van der Waals surface area contributed by atoms with Crippen LogP contribution < -0.4 is 15.8 Å². The number of carbonyl (C=O) groups is 2. The van der Waals surface area contributed by atoms with Gasteiger partial charge >= 0.3 is 11.7 Å². The molecule has 0 spiro atoms. The molecule has 8 heteroatoms. The smallest absolute Gasteiger partial charge is 0.419 e. The number of para-hydroxylation sites is 2. The predicted molar refractivity (Wildman–Crippen MR) is 102 cm³/mol. The van der Waals surface area contributed by atoms with Gasteiger partial charge in [0.15, 0.2) is 12.2 Å². The van der Waals surface area contributed by atoms with Crippen molar-refractivity contribution < 1.29 is 23.5 Å². The number of nitrogens with zero attached hydrogens (tertiary/aromatic N) is 1. The van der Waals surface area contributed by atoms with E-state index in [0.717, 1.165) is 0 Å². The topological polar surface area (TPSA) is 99.8 Å². The number of oxazole rings is 1. The Bertz CT molecular complexity index is 1040. The number of hydrogen-bond donors (Lipinski definition) is 1. The van der Waals surface area contributed by atoms with E-state index in [0.29, 0.717) is 22.5 Å². The van der Waals surface area contributed by atoms with Crippen LogP contribution in [0.25, 0.3) is 11.1 Å². The van der Waals surface area contributed by atoms with Gasteiger partial charge in [0.05, 0.1) is 12.1 Å². The largest absolute Gasteiger partial charge is 0.482 e. The van der Waals surface area contributed by atoms with Crippen molar-refractivity contribution in [2.75, 3.05) is 18.5 Å². The first-order chi connectivity index (χ1) is 13.6. The lowest BCUT2D eigenvalue weighted by molar-refractivity contribution is -0.145. The van der Waals surface area contributed by atoms with Gasteiger partial charge in [0, 0.05) is 24.7 Å². The molecule has 0 saturated carbocycles. The molecule has 8 nitrogen and oxygen atoms in total. The van der Waals surface area contributed by atoms with Crippen LogP contribution in [0.3, 0.4) is 0 Å². The van der Waals surface area contributed by atoms with E-state index in [1.165, 1.54) is 4.57 Å². The third-order valence-electron chi connectivity index (χ3n) is 3.92. The predicted octanol–water partition coefficient (Wildman–Crippen LogP) is 2.57. The number of fused-ring (bicyclic) bond motifs is 1. The summed E-state index contributed by atoms with van der Waals surface area (Å²) >= 11 is 0. The third-order valence-corrected chi connectivity index (χ3v) is 3.92. The average molecular weight is 384 g/mol. The van der Waals surface area contributed by atoms with E-state index < -0.39 is 11.7 Å². The molecule has 2 aromatic carbocycles. The zero-order chi connectivity index (χ0) is 19.9. The zero-order valence-corrected chi connectivity index (χ0v) is 15.3. The van der Waals surface area contributed by atoms with Gasteiger partial charge in [0.2, 0.25) is 5.91 Å². The maximum atomic E-state index is 12.2. The monoisotopic (exact) mass is 384 g/mol. The van der Waals surface area contributed by atoms with Gasteiger partial charge in [-0.2, -0.15) is 0 Å². The van der Waals surface area contributed by atoms with E-state index in [4.69, 9.17) is 13.9 Å². The summed E-state index contributed by atoms with van der Waals surface area (Å²) in [7, 11) is 0. The zero-order valence-electron chi connectivity index (χ0n) is 15.3. The normalized spacial score (nSPS) is 10.6. The quantitative estimate of drug-likeness (QED) is 0.599. The molecule has 0 radical (unpaired) electrons. The van der Waals surface area contributed by atoms with Crippen molar-refractivity contribution >= 4 is 28.7 Å². The van der Waals surface area contributed by atoms with Crippen molar-refractivity contribution in [2.24, 2.45) is 0 Å². The number of ether oxygens (including phenoxy) is 2. The number of amides is 1. The Hall–Kier alpha value is -3.55. The molecule has 0 unspecified atom stereocenters. The number of nitrogens with one attached hydrogen (secondary N) is 1. The summed E-state index contributed by atoms with van der Waals surface area (Å²) in [6.45, 7) is 1.99. The first-order valence-corrected chi connectivity index (χ1v) is 8.83. The van der Waals surface area contributed by atoms with Crippen molar-refractivity contribution in [3.63, 3.8) is 0 Å². The van der Waals surface area contributed by atoms with E-state index in [1.807, 2.05) is 0 Å². The molecular weight excluding hydrogens is 364 g/mol. The fourth-order valence-corrected chi connectivity index (χ4v) is 2.67. The maximum absolute atomic E-state index is 12.2. The van der Waals surface area contributed by atoms with Crippen molar-refractivity contribution in [2.45, 2.75) is 19.9 Å². The Morgan fingerprint density at radius 1 is 1.14 bits per heavy atom. The number of carbonyl (C=O) groups excluding carboxylic acids is 2. The Labute approximate surface area is 160 Å². The number of benzene rings is 2. The van der Waals surface area contributed by atoms with Gasteiger partial charge in [-0.15, -0.1) is 0 Å². The lowest BCUT2D eigenvalue weighted by Crippen LogP contribution is -2.20. The lowest BCUT2D eigenvalue weighted by atomic mass is 10.3. The number of hydrogen-bond acceptors (Lipinski definition) is 6. The molecular formula is C20H20N2O6. The highest BCUT2D eigenvalue weighted by molar-refractivity contribution is 5.91. The van der Waals surface area contributed by atoms with Gasteiger partial charge in [0.1, 0.15) is 5.75 Å². The molecule has 3 aromatic rings.